The van der Waals surface area contributed by atoms with E-state index >= 15 is 0 Å². The fourth-order valence-electron chi connectivity index (χ4n) is 5.84. The van der Waals surface area contributed by atoms with Gasteiger partial charge in [0.1, 0.15) is 24.2 Å². The summed E-state index contributed by atoms with van der Waals surface area (Å²) in [5.41, 5.74) is 5.85. The third-order valence-electron chi connectivity index (χ3n) is 8.20. The smallest absolute Gasteiger partial charge is 0.351 e. The van der Waals surface area contributed by atoms with Crippen LogP contribution in [0.2, 0.25) is 0 Å². The molecular formula is C30H37N5O10. The Morgan fingerprint density at radius 2 is 1.80 bits per heavy atom. The number of Topliss-reactive ketones (excluding diaryl/α,β-unsaturated/α-hetero) is 1. The molecule has 1 saturated carbocycles. The van der Waals surface area contributed by atoms with E-state index in [2.05, 4.69) is 15.6 Å². The summed E-state index contributed by atoms with van der Waals surface area (Å²) in [7, 11) is 0. The SMILES string of the molecule is Nc1ccn([C@H]2C[C@H](O)[C@@H](CNC(=O)CC[C@H](NC(=O)C[C@@H]3CCC[C@H]3C(=O)c3ccc(CC(=O)O)cc3)C(=O)O)O2)c(=O)n1. The maximum Gasteiger partial charge on any atom is 0.351 e. The maximum absolute atomic E-state index is 13.1. The third kappa shape index (κ3) is 8.95. The lowest BCUT2D eigenvalue weighted by Gasteiger charge is -2.20. The Hall–Kier alpha value is -4.63. The molecule has 0 spiro atoms. The number of carbonyl (C=O) groups excluding carboxylic acids is 3. The predicted molar refractivity (Wildman–Crippen MR) is 157 cm³/mol. The lowest BCUT2D eigenvalue weighted by atomic mass is 9.86. The molecule has 15 nitrogen and oxygen atoms in total. The highest BCUT2D eigenvalue weighted by atomic mass is 16.5. The highest BCUT2D eigenvalue weighted by Gasteiger charge is 2.37. The molecule has 15 heteroatoms. The second-order valence-electron chi connectivity index (χ2n) is 11.4. The van der Waals surface area contributed by atoms with Crippen molar-refractivity contribution in [3.63, 3.8) is 0 Å². The van der Waals surface area contributed by atoms with Gasteiger partial charge in [-0.2, -0.15) is 4.98 Å². The average molecular weight is 628 g/mol. The van der Waals surface area contributed by atoms with Crippen molar-refractivity contribution in [2.75, 3.05) is 12.3 Å². The fourth-order valence-corrected chi connectivity index (χ4v) is 5.84. The van der Waals surface area contributed by atoms with Crippen LogP contribution in [0.1, 0.15) is 67.1 Å². The molecule has 2 fully saturated rings. The summed E-state index contributed by atoms with van der Waals surface area (Å²) in [5, 5.41) is 34.0. The van der Waals surface area contributed by atoms with Crippen molar-refractivity contribution in [1.29, 1.82) is 0 Å². The van der Waals surface area contributed by atoms with Gasteiger partial charge in [-0.1, -0.05) is 30.7 Å². The highest BCUT2D eigenvalue weighted by Crippen LogP contribution is 2.36. The van der Waals surface area contributed by atoms with Crippen molar-refractivity contribution in [3.8, 4) is 0 Å². The molecule has 7 N–H and O–H groups in total. The van der Waals surface area contributed by atoms with Crippen molar-refractivity contribution in [2.45, 2.75) is 75.8 Å². The molecule has 0 bridgehead atoms. The number of nitrogens with one attached hydrogen (secondary N) is 2. The molecule has 45 heavy (non-hydrogen) atoms. The van der Waals surface area contributed by atoms with Gasteiger partial charge >= 0.3 is 17.6 Å². The number of aliphatic hydroxyl groups excluding tert-OH is 1. The number of benzene rings is 1. The summed E-state index contributed by atoms with van der Waals surface area (Å²) >= 11 is 0. The van der Waals surface area contributed by atoms with E-state index < -0.39 is 59.8 Å². The predicted octanol–water partition coefficient (Wildman–Crippen LogP) is 0.256. The molecule has 4 rings (SSSR count). The first kappa shape index (κ1) is 33.3. The van der Waals surface area contributed by atoms with Crippen LogP contribution in [0.3, 0.4) is 0 Å². The van der Waals surface area contributed by atoms with E-state index in [1.165, 1.54) is 16.8 Å². The number of nitrogen functional groups attached to an aromatic ring is 1. The first-order valence-electron chi connectivity index (χ1n) is 14.7. The second kappa shape index (κ2) is 14.9. The zero-order valence-corrected chi connectivity index (χ0v) is 24.5. The summed E-state index contributed by atoms with van der Waals surface area (Å²) in [4.78, 5) is 76.8. The molecule has 1 saturated heterocycles. The van der Waals surface area contributed by atoms with Gasteiger partial charge < -0.3 is 36.4 Å². The third-order valence-corrected chi connectivity index (χ3v) is 8.20. The molecule has 2 amide bonds. The topological polar surface area (TPSA) is 240 Å². The van der Waals surface area contributed by atoms with Crippen LogP contribution in [0.4, 0.5) is 5.82 Å². The van der Waals surface area contributed by atoms with Gasteiger partial charge in [0.25, 0.3) is 0 Å². The number of hydrogen-bond donors (Lipinski definition) is 6. The van der Waals surface area contributed by atoms with Crippen molar-refractivity contribution >= 4 is 35.4 Å². The number of ether oxygens (including phenoxy) is 1. The zero-order valence-electron chi connectivity index (χ0n) is 24.5. The van der Waals surface area contributed by atoms with Gasteiger partial charge in [-0.3, -0.25) is 23.7 Å². The molecule has 2 aromatic rings. The molecule has 1 aromatic carbocycles. The molecule has 0 unspecified atom stereocenters. The summed E-state index contributed by atoms with van der Waals surface area (Å²) in [6, 6.07) is 6.43. The minimum absolute atomic E-state index is 0.0471. The average Bonchev–Trinajstić information content (AvgIpc) is 3.59. The molecule has 1 aromatic heterocycles. The van der Waals surface area contributed by atoms with Crippen LogP contribution in [-0.2, 0) is 30.3 Å². The number of anilines is 1. The molecule has 6 atom stereocenters. The minimum atomic E-state index is -1.33. The Morgan fingerprint density at radius 3 is 2.47 bits per heavy atom. The molecule has 2 heterocycles. The maximum atomic E-state index is 13.1. The van der Waals surface area contributed by atoms with Crippen LogP contribution in [-0.4, -0.2) is 79.2 Å². The summed E-state index contributed by atoms with van der Waals surface area (Å²) in [6.45, 7) is -0.0862. The number of amides is 2. The Balaban J connectivity index is 1.23. The molecule has 242 valence electrons. The van der Waals surface area contributed by atoms with Crippen LogP contribution in [0.15, 0.2) is 41.3 Å². The summed E-state index contributed by atoms with van der Waals surface area (Å²) in [5.74, 6) is -4.13. The van der Waals surface area contributed by atoms with Crippen molar-refractivity contribution in [3.05, 3.63) is 58.1 Å². The molecular weight excluding hydrogens is 590 g/mol. The van der Waals surface area contributed by atoms with E-state index in [1.807, 2.05) is 0 Å². The van der Waals surface area contributed by atoms with Gasteiger partial charge in [0, 0.05) is 43.5 Å². The van der Waals surface area contributed by atoms with Gasteiger partial charge in [-0.25, -0.2) is 9.59 Å². The number of rotatable bonds is 14. The number of carbonyl (C=O) groups is 5. The van der Waals surface area contributed by atoms with E-state index in [-0.39, 0.29) is 56.2 Å². The fraction of sp³-hybridized carbons (Fsp3) is 0.500. The lowest BCUT2D eigenvalue weighted by molar-refractivity contribution is -0.142. The van der Waals surface area contributed by atoms with Gasteiger partial charge in [-0.15, -0.1) is 0 Å². The van der Waals surface area contributed by atoms with Crippen LogP contribution >= 0.6 is 0 Å². The molecule has 2 aliphatic rings. The van der Waals surface area contributed by atoms with Gasteiger partial charge in [0.15, 0.2) is 5.78 Å². The zero-order chi connectivity index (χ0) is 32.7. The Labute approximate surface area is 257 Å². The minimum Gasteiger partial charge on any atom is -0.481 e. The van der Waals surface area contributed by atoms with Gasteiger partial charge in [0.2, 0.25) is 11.8 Å². The van der Waals surface area contributed by atoms with E-state index in [9.17, 15) is 39.0 Å². The number of nitrogens with two attached hydrogens (primary N) is 1. The largest absolute Gasteiger partial charge is 0.481 e. The summed E-state index contributed by atoms with van der Waals surface area (Å²) < 4.78 is 6.89. The summed E-state index contributed by atoms with van der Waals surface area (Å²) in [6.07, 6.45) is 0.228. The number of aromatic nitrogens is 2. The van der Waals surface area contributed by atoms with Crippen LogP contribution < -0.4 is 22.1 Å². The lowest BCUT2D eigenvalue weighted by Crippen LogP contribution is -2.43. The number of carboxylic acid groups (broad SMARTS) is 2. The van der Waals surface area contributed by atoms with E-state index in [0.717, 1.165) is 6.42 Å². The second-order valence-corrected chi connectivity index (χ2v) is 11.4. The van der Waals surface area contributed by atoms with Gasteiger partial charge in [0.05, 0.1) is 12.5 Å². The van der Waals surface area contributed by atoms with Crippen LogP contribution in [0.25, 0.3) is 0 Å². The molecule has 1 aliphatic heterocycles. The van der Waals surface area contributed by atoms with E-state index in [1.54, 1.807) is 24.3 Å². The number of ketones is 1. The standard InChI is InChI=1S/C30H37N5O10/c31-23-10-11-35(30(44)34-23)26-14-21(36)22(45-26)15-32-24(37)9-8-20(29(42)43)33-25(38)13-18-2-1-3-19(18)28(41)17-6-4-16(5-7-17)12-27(39)40/h4-7,10-11,18-22,26,36H,1-3,8-9,12-15H2,(H,32,37)(H,33,38)(H,39,40)(H,42,43)(H2,31,34,44)/t18-,19+,20-,21-,22+,26+/m0/s1. The number of aliphatic hydroxyl groups is 1. The van der Waals surface area contributed by atoms with Crippen molar-refractivity contribution in [1.82, 2.24) is 20.2 Å². The molecule has 1 aliphatic carbocycles. The quantitative estimate of drug-likeness (QED) is 0.155. The highest BCUT2D eigenvalue weighted by molar-refractivity contribution is 5.98. The van der Waals surface area contributed by atoms with E-state index in [4.69, 9.17) is 15.6 Å². The van der Waals surface area contributed by atoms with Crippen LogP contribution in [0.5, 0.6) is 0 Å². The Kier molecular flexibility index (Phi) is 11.0. The number of carboxylic acids is 2. The Morgan fingerprint density at radius 1 is 1.07 bits per heavy atom. The first-order chi connectivity index (χ1) is 21.4. The monoisotopic (exact) mass is 627 g/mol. The molecule has 0 radical (unpaired) electrons. The van der Waals surface area contributed by atoms with Crippen molar-refractivity contribution in [2.24, 2.45) is 11.8 Å². The first-order valence-corrected chi connectivity index (χ1v) is 14.7. The van der Waals surface area contributed by atoms with Crippen molar-refractivity contribution < 1.29 is 44.0 Å². The van der Waals surface area contributed by atoms with Crippen LogP contribution in [0, 0.1) is 11.8 Å². The number of nitrogens with zero attached hydrogens (tertiary/aromatic N) is 2. The Bertz CT molecular complexity index is 1480. The van der Waals surface area contributed by atoms with Gasteiger partial charge in [-0.05, 0) is 36.8 Å². The number of hydrogen-bond acceptors (Lipinski definition) is 10. The normalized spacial score (nSPS) is 23.3. The van der Waals surface area contributed by atoms with E-state index in [0.29, 0.717) is 24.0 Å². The number of aliphatic carboxylic acids is 2.